The fraction of sp³-hybridized carbons (Fsp3) is 0.409. The lowest BCUT2D eigenvalue weighted by molar-refractivity contribution is 0.515. The second-order valence-electron chi connectivity index (χ2n) is 8.31. The number of nitrogens with zero attached hydrogens (tertiary/aromatic N) is 7. The van der Waals surface area contributed by atoms with Crippen LogP contribution in [0.5, 0.6) is 0 Å². The Hall–Kier alpha value is -3.14. The van der Waals surface area contributed by atoms with Gasteiger partial charge < -0.3 is 10.2 Å². The van der Waals surface area contributed by atoms with Gasteiger partial charge >= 0.3 is 0 Å². The van der Waals surface area contributed by atoms with Crippen molar-refractivity contribution in [3.8, 4) is 0 Å². The van der Waals surface area contributed by atoms with Crippen LogP contribution in [-0.4, -0.2) is 53.7 Å². The quantitative estimate of drug-likeness (QED) is 0.509. The molecule has 1 aromatic carbocycles. The van der Waals surface area contributed by atoms with Crippen molar-refractivity contribution in [2.75, 3.05) is 34.8 Å². The summed E-state index contributed by atoms with van der Waals surface area (Å²) in [7, 11) is 0. The first-order valence-electron chi connectivity index (χ1n) is 11.1. The molecule has 1 aliphatic heterocycles. The molecule has 2 aliphatic rings. The minimum absolute atomic E-state index is 0.136. The summed E-state index contributed by atoms with van der Waals surface area (Å²) in [4.78, 5) is 24.9. The van der Waals surface area contributed by atoms with Gasteiger partial charge in [0, 0.05) is 42.0 Å². The maximum absolute atomic E-state index is 13.2. The predicted octanol–water partition coefficient (Wildman–Crippen LogP) is 3.25. The van der Waals surface area contributed by atoms with Crippen molar-refractivity contribution in [2.24, 2.45) is 0 Å². The predicted molar refractivity (Wildman–Crippen MR) is 127 cm³/mol. The van der Waals surface area contributed by atoms with Crippen LogP contribution in [0.25, 0.3) is 16.8 Å². The smallest absolute Gasteiger partial charge is 0.298 e. The molecule has 9 nitrogen and oxygen atoms in total. The third-order valence-corrected chi connectivity index (χ3v) is 7.33. The lowest BCUT2D eigenvalue weighted by Gasteiger charge is -2.28. The summed E-state index contributed by atoms with van der Waals surface area (Å²) in [6.45, 7) is 2.17. The lowest BCUT2D eigenvalue weighted by Crippen LogP contribution is -2.32. The van der Waals surface area contributed by atoms with Crippen LogP contribution >= 0.6 is 11.8 Å². The number of aromatic nitrogens is 6. The van der Waals surface area contributed by atoms with Gasteiger partial charge in [-0.05, 0) is 37.1 Å². The van der Waals surface area contributed by atoms with E-state index in [9.17, 15) is 4.79 Å². The van der Waals surface area contributed by atoms with E-state index in [1.54, 1.807) is 21.5 Å². The van der Waals surface area contributed by atoms with Crippen LogP contribution in [0.4, 0.5) is 17.3 Å². The molecule has 10 heteroatoms. The Morgan fingerprint density at radius 1 is 1.03 bits per heavy atom. The molecule has 0 spiro atoms. The van der Waals surface area contributed by atoms with Gasteiger partial charge in [-0.1, -0.05) is 12.8 Å². The molecular formula is C22H24N8OS. The molecule has 2 fully saturated rings. The summed E-state index contributed by atoms with van der Waals surface area (Å²) in [5, 5.41) is 11.3. The molecule has 4 aromatic rings. The van der Waals surface area contributed by atoms with Gasteiger partial charge in [-0.3, -0.25) is 13.8 Å². The van der Waals surface area contributed by atoms with Crippen molar-refractivity contribution in [3.63, 3.8) is 0 Å². The van der Waals surface area contributed by atoms with Crippen LogP contribution in [-0.2, 0) is 0 Å². The van der Waals surface area contributed by atoms with Gasteiger partial charge in [0.1, 0.15) is 11.8 Å². The van der Waals surface area contributed by atoms with E-state index >= 15 is 0 Å². The summed E-state index contributed by atoms with van der Waals surface area (Å²) in [5.41, 5.74) is 3.69. The van der Waals surface area contributed by atoms with Gasteiger partial charge in [-0.25, -0.2) is 4.98 Å². The zero-order chi connectivity index (χ0) is 21.5. The molecule has 32 heavy (non-hydrogen) atoms. The molecule has 3 aromatic heterocycles. The van der Waals surface area contributed by atoms with Crippen molar-refractivity contribution in [1.29, 1.82) is 0 Å². The van der Waals surface area contributed by atoms with E-state index in [2.05, 4.69) is 49.7 Å². The molecule has 1 saturated carbocycles. The van der Waals surface area contributed by atoms with Crippen molar-refractivity contribution < 1.29 is 0 Å². The SMILES string of the molecule is O=c1c2nncn2c2cnc(Nc3ccc(N4CCSCC4)cc3)nc2n1C1CCCC1. The molecule has 0 bridgehead atoms. The zero-order valence-corrected chi connectivity index (χ0v) is 18.5. The molecule has 6 rings (SSSR count). The van der Waals surface area contributed by atoms with E-state index in [1.807, 2.05) is 11.8 Å². The molecule has 0 atom stereocenters. The molecule has 1 aliphatic carbocycles. The van der Waals surface area contributed by atoms with Gasteiger partial charge in [0.25, 0.3) is 5.56 Å². The summed E-state index contributed by atoms with van der Waals surface area (Å²) >= 11 is 2.01. The van der Waals surface area contributed by atoms with Crippen molar-refractivity contribution >= 4 is 45.9 Å². The summed E-state index contributed by atoms with van der Waals surface area (Å²) < 4.78 is 3.48. The average Bonchev–Trinajstić information content (AvgIpc) is 3.53. The van der Waals surface area contributed by atoms with Crippen LogP contribution in [0.2, 0.25) is 0 Å². The normalized spacial score (nSPS) is 17.4. The topological polar surface area (TPSA) is 93.2 Å². The van der Waals surface area contributed by atoms with Gasteiger partial charge in [0.15, 0.2) is 5.65 Å². The van der Waals surface area contributed by atoms with Gasteiger partial charge in [0.05, 0.1) is 6.20 Å². The van der Waals surface area contributed by atoms with Crippen LogP contribution in [0.3, 0.4) is 0 Å². The van der Waals surface area contributed by atoms with E-state index in [1.165, 1.54) is 17.2 Å². The third-order valence-electron chi connectivity index (χ3n) is 6.39. The Bertz CT molecular complexity index is 1320. The first-order valence-corrected chi connectivity index (χ1v) is 12.2. The molecule has 1 saturated heterocycles. The third kappa shape index (κ3) is 3.38. The molecule has 0 unspecified atom stereocenters. The highest BCUT2D eigenvalue weighted by molar-refractivity contribution is 7.99. The molecule has 1 N–H and O–H groups in total. The Morgan fingerprint density at radius 3 is 2.59 bits per heavy atom. The van der Waals surface area contributed by atoms with Gasteiger partial charge in [-0.2, -0.15) is 16.7 Å². The largest absolute Gasteiger partial charge is 0.370 e. The Morgan fingerprint density at radius 2 is 1.81 bits per heavy atom. The van der Waals surface area contributed by atoms with Crippen molar-refractivity contribution in [1.82, 2.24) is 29.1 Å². The molecule has 4 heterocycles. The van der Waals surface area contributed by atoms with Crippen molar-refractivity contribution in [3.05, 3.63) is 47.1 Å². The van der Waals surface area contributed by atoms with Crippen LogP contribution in [0, 0.1) is 0 Å². The molecular weight excluding hydrogens is 424 g/mol. The number of hydrogen-bond acceptors (Lipinski definition) is 8. The van der Waals surface area contributed by atoms with E-state index in [4.69, 9.17) is 4.98 Å². The maximum atomic E-state index is 13.2. The van der Waals surface area contributed by atoms with E-state index in [-0.39, 0.29) is 11.6 Å². The van der Waals surface area contributed by atoms with Gasteiger partial charge in [0.2, 0.25) is 11.6 Å². The monoisotopic (exact) mass is 448 g/mol. The maximum Gasteiger partial charge on any atom is 0.298 e. The van der Waals surface area contributed by atoms with E-state index in [0.29, 0.717) is 17.2 Å². The Labute approximate surface area is 188 Å². The first kappa shape index (κ1) is 19.5. The van der Waals surface area contributed by atoms with E-state index in [0.717, 1.165) is 50.0 Å². The number of benzene rings is 1. The summed E-state index contributed by atoms with van der Waals surface area (Å²) in [6.07, 6.45) is 7.48. The highest BCUT2D eigenvalue weighted by atomic mass is 32.2. The molecule has 0 radical (unpaired) electrons. The van der Waals surface area contributed by atoms with Gasteiger partial charge in [-0.15, -0.1) is 10.2 Å². The Balaban J connectivity index is 1.36. The second kappa shape index (κ2) is 8.09. The zero-order valence-electron chi connectivity index (χ0n) is 17.6. The minimum Gasteiger partial charge on any atom is -0.370 e. The number of thioether (sulfide) groups is 1. The van der Waals surface area contributed by atoms with E-state index < -0.39 is 0 Å². The average molecular weight is 449 g/mol. The number of anilines is 3. The second-order valence-corrected chi connectivity index (χ2v) is 9.54. The van der Waals surface area contributed by atoms with Crippen LogP contribution < -0.4 is 15.8 Å². The summed E-state index contributed by atoms with van der Waals surface area (Å²) in [6, 6.07) is 8.51. The number of nitrogens with one attached hydrogen (secondary N) is 1. The fourth-order valence-corrected chi connectivity index (χ4v) is 5.65. The first-order chi connectivity index (χ1) is 15.8. The lowest BCUT2D eigenvalue weighted by atomic mass is 10.2. The number of hydrogen-bond donors (Lipinski definition) is 1. The molecule has 0 amide bonds. The number of rotatable bonds is 4. The van der Waals surface area contributed by atoms with Crippen LogP contribution in [0.15, 0.2) is 41.6 Å². The minimum atomic E-state index is -0.143. The fourth-order valence-electron chi connectivity index (χ4n) is 4.74. The highest BCUT2D eigenvalue weighted by Gasteiger charge is 2.24. The highest BCUT2D eigenvalue weighted by Crippen LogP contribution is 2.31. The van der Waals surface area contributed by atoms with Crippen LogP contribution in [0.1, 0.15) is 31.7 Å². The molecule has 164 valence electrons. The number of fused-ring (bicyclic) bond motifs is 3. The Kier molecular flexibility index (Phi) is 4.94. The standard InChI is InChI=1S/C22H24N8OS/c31-21-20-27-24-14-29(20)18-13-23-22(26-19(18)30(21)17-3-1-2-4-17)25-15-5-7-16(8-6-15)28-9-11-32-12-10-28/h5-8,13-14,17H,1-4,9-12H2,(H,23,25,26). The summed E-state index contributed by atoms with van der Waals surface area (Å²) in [5.74, 6) is 2.82. The van der Waals surface area contributed by atoms with Crippen molar-refractivity contribution in [2.45, 2.75) is 31.7 Å².